The highest BCUT2D eigenvalue weighted by atomic mass is 28.3. The van der Waals surface area contributed by atoms with Gasteiger partial charge in [-0.2, -0.15) is 5.10 Å². The van der Waals surface area contributed by atoms with E-state index in [0.717, 1.165) is 61.5 Å². The van der Waals surface area contributed by atoms with Gasteiger partial charge in [0.2, 0.25) is 0 Å². The first-order valence-corrected chi connectivity index (χ1v) is 27.6. The van der Waals surface area contributed by atoms with Crippen LogP contribution in [0.25, 0.3) is 21.6 Å². The highest BCUT2D eigenvalue weighted by molar-refractivity contribution is 7.04. The van der Waals surface area contributed by atoms with Gasteiger partial charge in [0.15, 0.2) is 5.69 Å². The molecule has 5 aromatic rings. The number of esters is 1. The summed E-state index contributed by atoms with van der Waals surface area (Å²) >= 11 is 0. The lowest BCUT2D eigenvalue weighted by atomic mass is 9.39. The van der Waals surface area contributed by atoms with Crippen LogP contribution in [0.15, 0.2) is 96.2 Å². The molecule has 3 aromatic carbocycles. The van der Waals surface area contributed by atoms with Gasteiger partial charge in [-0.3, -0.25) is 4.68 Å². The van der Waals surface area contributed by atoms with Gasteiger partial charge in [0.05, 0.1) is 30.6 Å². The van der Waals surface area contributed by atoms with E-state index in [0.29, 0.717) is 55.4 Å². The molecule has 4 fully saturated rings. The largest absolute Gasteiger partial charge is 0.494 e. The molecular formula is C57H71N7O6Si. The molecule has 5 aliphatic rings. The van der Waals surface area contributed by atoms with Crippen LogP contribution in [0, 0.1) is 23.2 Å². The van der Waals surface area contributed by atoms with Crippen molar-refractivity contribution in [1.29, 1.82) is 0 Å². The van der Waals surface area contributed by atoms with Crippen molar-refractivity contribution in [3.63, 3.8) is 0 Å². The Morgan fingerprint density at radius 3 is 2.10 bits per heavy atom. The fraction of sp³-hybridized carbons (Fsp3) is 0.509. The van der Waals surface area contributed by atoms with E-state index in [4.69, 9.17) is 29.8 Å². The zero-order valence-electron chi connectivity index (χ0n) is 43.2. The zero-order chi connectivity index (χ0) is 50.6. The number of hydrogen-bond acceptors (Lipinski definition) is 9. The van der Waals surface area contributed by atoms with E-state index in [9.17, 15) is 14.7 Å². The Bertz CT molecular complexity index is 2810. The van der Waals surface area contributed by atoms with Gasteiger partial charge in [0.25, 0.3) is 0 Å². The number of rotatable bonds is 16. The van der Waals surface area contributed by atoms with E-state index >= 15 is 0 Å². The van der Waals surface area contributed by atoms with E-state index in [2.05, 4.69) is 117 Å². The van der Waals surface area contributed by atoms with Crippen molar-refractivity contribution in [2.75, 3.05) is 31.2 Å². The second-order valence-corrected chi connectivity index (χ2v) is 29.0. The molecule has 4 saturated carbocycles. The Kier molecular flexibility index (Phi) is 13.1. The van der Waals surface area contributed by atoms with Crippen LogP contribution >= 0.6 is 0 Å². The molecule has 2 unspecified atom stereocenters. The molecule has 0 spiro atoms. The van der Waals surface area contributed by atoms with E-state index in [1.165, 1.54) is 16.8 Å². The summed E-state index contributed by atoms with van der Waals surface area (Å²) < 4.78 is 21.6. The second kappa shape index (κ2) is 18.6. The molecule has 0 radical (unpaired) electrons. The van der Waals surface area contributed by atoms with Gasteiger partial charge in [-0.25, -0.2) is 14.6 Å². The number of benzene rings is 3. The van der Waals surface area contributed by atoms with Gasteiger partial charge in [0.1, 0.15) is 25.2 Å². The molecule has 4 aliphatic carbocycles. The molecule has 2 aromatic heterocycles. The normalized spacial score (nSPS) is 23.8. The number of hydrogen-bond donors (Lipinski definition) is 1. The van der Waals surface area contributed by atoms with Crippen molar-refractivity contribution < 1.29 is 28.9 Å². The Morgan fingerprint density at radius 1 is 0.831 bits per heavy atom. The van der Waals surface area contributed by atoms with Gasteiger partial charge >= 0.3 is 11.9 Å². The van der Waals surface area contributed by atoms with Gasteiger partial charge in [-0.05, 0) is 135 Å². The van der Waals surface area contributed by atoms with Crippen LogP contribution in [-0.2, 0) is 29.0 Å². The number of carbonyl (C=O) groups excluding carboxylic acids is 1. The van der Waals surface area contributed by atoms with Crippen molar-refractivity contribution in [2.45, 2.75) is 143 Å². The Morgan fingerprint density at radius 2 is 1.49 bits per heavy atom. The van der Waals surface area contributed by atoms with E-state index in [1.54, 1.807) is 6.07 Å². The minimum Gasteiger partial charge on any atom is -0.494 e. The van der Waals surface area contributed by atoms with Crippen LogP contribution in [0.2, 0.25) is 11.1 Å². The SMILES string of the molecule is Cc1c(-c2ccc(N3CCc4c(OCC[Si](c5ccccc5)(c5ccccc5)C(C)(C)C)ccc(C(=O)O)c4C3)nc2C(=O)OC(C)(C)C)cnn1CC12CC3(C)CC(C)(C1)CC(OCCN=[N+]=[N-])(C3)C2. The molecule has 10 rings (SSSR count). The molecule has 1 N–H and O–H groups in total. The van der Waals surface area contributed by atoms with Gasteiger partial charge in [-0.15, -0.1) is 0 Å². The number of carbonyl (C=O) groups is 2. The van der Waals surface area contributed by atoms with E-state index in [-0.39, 0.29) is 44.7 Å². The number of carboxylic acids is 1. The van der Waals surface area contributed by atoms with Gasteiger partial charge in [0, 0.05) is 53.5 Å². The van der Waals surface area contributed by atoms with Crippen LogP contribution in [0.5, 0.6) is 5.75 Å². The number of anilines is 1. The highest BCUT2D eigenvalue weighted by Crippen LogP contribution is 2.72. The lowest BCUT2D eigenvalue weighted by Gasteiger charge is -2.69. The third-order valence-corrected chi connectivity index (χ3v) is 22.3. The predicted molar refractivity (Wildman–Crippen MR) is 280 cm³/mol. The molecule has 1 aliphatic heterocycles. The number of azide groups is 1. The van der Waals surface area contributed by atoms with Gasteiger partial charge < -0.3 is 24.2 Å². The van der Waals surface area contributed by atoms with Crippen LogP contribution in [-0.4, -0.2) is 77.4 Å². The van der Waals surface area contributed by atoms with E-state index in [1.807, 2.05) is 50.1 Å². The molecular weight excluding hydrogens is 907 g/mol. The summed E-state index contributed by atoms with van der Waals surface area (Å²) in [6.45, 7) is 22.2. The molecule has 0 amide bonds. The van der Waals surface area contributed by atoms with Crippen LogP contribution < -0.4 is 20.0 Å². The summed E-state index contributed by atoms with van der Waals surface area (Å²) in [5.41, 5.74) is 12.5. The van der Waals surface area contributed by atoms with Gasteiger partial charge in [-0.1, -0.05) is 111 Å². The minimum atomic E-state index is -2.41. The highest BCUT2D eigenvalue weighted by Gasteiger charge is 2.66. The predicted octanol–water partition coefficient (Wildman–Crippen LogP) is 11.4. The third-order valence-electron chi connectivity index (χ3n) is 16.1. The summed E-state index contributed by atoms with van der Waals surface area (Å²) in [5.74, 6) is -0.279. The standard InChI is InChI=1S/C57H71N7O6Si/c1-39-45(30-60-64(39)38-56-33-54(8)32-55(9,34-56)36-57(35-54,37-56)69-27-25-59-62-58)43-21-23-48(61-49(43)51(67)70-52(2,3)4)63-26-24-42-46(31-63)44(50(65)66)20-22-47(42)68-28-29-71(53(5,6)7,40-16-12-10-13-17-40)41-18-14-11-15-19-41/h10-23,30H,24-29,31-38H2,1-9H3,(H,65,66). The minimum absolute atomic E-state index is 0.0335. The van der Waals surface area contributed by atoms with E-state index < -0.39 is 25.6 Å². The quantitative estimate of drug-likeness (QED) is 0.0253. The lowest BCUT2D eigenvalue weighted by molar-refractivity contribution is -0.247. The second-order valence-electron chi connectivity index (χ2n) is 24.1. The van der Waals surface area contributed by atoms with Crippen LogP contribution in [0.3, 0.4) is 0 Å². The maximum atomic E-state index is 14.3. The topological polar surface area (TPSA) is 165 Å². The van der Waals surface area contributed by atoms with Crippen molar-refractivity contribution >= 4 is 36.2 Å². The number of pyridine rings is 1. The summed E-state index contributed by atoms with van der Waals surface area (Å²) in [6.07, 6.45) is 8.66. The Hall–Kier alpha value is -5.95. The fourth-order valence-corrected chi connectivity index (χ4v) is 20.0. The van der Waals surface area contributed by atoms with Crippen molar-refractivity contribution in [3.05, 3.63) is 130 Å². The molecule has 13 nitrogen and oxygen atoms in total. The molecule has 0 saturated heterocycles. The molecule has 2 atom stereocenters. The zero-order valence-corrected chi connectivity index (χ0v) is 44.2. The monoisotopic (exact) mass is 978 g/mol. The fourth-order valence-electron chi connectivity index (χ4n) is 14.6. The lowest BCUT2D eigenvalue weighted by Crippen LogP contribution is -2.64. The maximum absolute atomic E-state index is 14.3. The number of ether oxygens (including phenoxy) is 3. The smallest absolute Gasteiger partial charge is 0.358 e. The third kappa shape index (κ3) is 9.75. The number of carboxylic acid groups (broad SMARTS) is 1. The Labute approximate surface area is 420 Å². The number of aromatic carboxylic acids is 1. The summed E-state index contributed by atoms with van der Waals surface area (Å²) in [7, 11) is -2.41. The summed E-state index contributed by atoms with van der Waals surface area (Å²) in [4.78, 5) is 37.2. The van der Waals surface area contributed by atoms with Crippen LogP contribution in [0.4, 0.5) is 5.82 Å². The first-order valence-electron chi connectivity index (χ1n) is 25.4. The average molecular weight is 978 g/mol. The average Bonchev–Trinajstić information content (AvgIpc) is 3.65. The Balaban J connectivity index is 0.997. The van der Waals surface area contributed by atoms with Crippen LogP contribution in [0.1, 0.15) is 132 Å². The van der Waals surface area contributed by atoms with Crippen molar-refractivity contribution in [2.24, 2.45) is 21.4 Å². The molecule has 374 valence electrons. The molecule has 14 heteroatoms. The number of fused-ring (bicyclic) bond motifs is 1. The molecule has 71 heavy (non-hydrogen) atoms. The molecule has 4 bridgehead atoms. The number of aromatic nitrogens is 3. The summed E-state index contributed by atoms with van der Waals surface area (Å²) in [5, 5.41) is 22.0. The first kappa shape index (κ1) is 50.0. The maximum Gasteiger partial charge on any atom is 0.358 e. The molecule has 3 heterocycles. The van der Waals surface area contributed by atoms with Crippen molar-refractivity contribution in [1.82, 2.24) is 14.8 Å². The number of nitrogens with zero attached hydrogens (tertiary/aromatic N) is 7. The summed E-state index contributed by atoms with van der Waals surface area (Å²) in [6, 6.07) is 29.9. The van der Waals surface area contributed by atoms with Crippen molar-refractivity contribution in [3.8, 4) is 16.9 Å². The first-order chi connectivity index (χ1) is 33.6.